The highest BCUT2D eigenvalue weighted by Gasteiger charge is 2.48. The van der Waals surface area contributed by atoms with Gasteiger partial charge in [0.25, 0.3) is 0 Å². The predicted molar refractivity (Wildman–Crippen MR) is 92.9 cm³/mol. The van der Waals surface area contributed by atoms with E-state index in [2.05, 4.69) is 10.6 Å². The van der Waals surface area contributed by atoms with Crippen LogP contribution in [0.4, 0.5) is 11.4 Å². The zero-order valence-corrected chi connectivity index (χ0v) is 13.5. The van der Waals surface area contributed by atoms with Crippen molar-refractivity contribution in [1.82, 2.24) is 0 Å². The van der Waals surface area contributed by atoms with Gasteiger partial charge < -0.3 is 15.4 Å². The van der Waals surface area contributed by atoms with E-state index in [9.17, 15) is 9.59 Å². The van der Waals surface area contributed by atoms with Gasteiger partial charge in [-0.1, -0.05) is 30.3 Å². The van der Waals surface area contributed by atoms with Crippen molar-refractivity contribution in [1.29, 1.82) is 0 Å². The number of benzene rings is 2. The first-order valence-electron chi connectivity index (χ1n) is 8.07. The van der Waals surface area contributed by atoms with Crippen LogP contribution in [0.1, 0.15) is 13.3 Å². The van der Waals surface area contributed by atoms with Crippen molar-refractivity contribution >= 4 is 23.2 Å². The molecule has 1 aliphatic rings. The summed E-state index contributed by atoms with van der Waals surface area (Å²) in [6, 6.07) is 16.6. The van der Waals surface area contributed by atoms with Crippen LogP contribution in [-0.4, -0.2) is 18.4 Å². The number of nitrogens with one attached hydrogen (secondary N) is 2. The SMILES string of the molecule is CCOc1ccccc1NC(=O)C1CC1C(=O)Nc1ccccc1. The van der Waals surface area contributed by atoms with E-state index in [4.69, 9.17) is 4.74 Å². The molecule has 2 aromatic carbocycles. The number of ether oxygens (including phenoxy) is 1. The molecular weight excluding hydrogens is 304 g/mol. The van der Waals surface area contributed by atoms with Crippen molar-refractivity contribution in [3.63, 3.8) is 0 Å². The summed E-state index contributed by atoms with van der Waals surface area (Å²) < 4.78 is 5.50. The molecule has 0 saturated heterocycles. The molecule has 2 amide bonds. The third-order valence-electron chi connectivity index (χ3n) is 3.95. The van der Waals surface area contributed by atoms with Crippen LogP contribution in [0.5, 0.6) is 5.75 Å². The lowest BCUT2D eigenvalue weighted by molar-refractivity contribution is -0.122. The van der Waals surface area contributed by atoms with Crippen LogP contribution in [0.25, 0.3) is 0 Å². The van der Waals surface area contributed by atoms with Crippen LogP contribution in [-0.2, 0) is 9.59 Å². The molecule has 0 bridgehead atoms. The molecule has 3 rings (SSSR count). The summed E-state index contributed by atoms with van der Waals surface area (Å²) in [5, 5.41) is 5.70. The van der Waals surface area contributed by atoms with E-state index in [1.54, 1.807) is 6.07 Å². The molecule has 2 unspecified atom stereocenters. The molecule has 2 N–H and O–H groups in total. The summed E-state index contributed by atoms with van der Waals surface area (Å²) in [5.41, 5.74) is 1.38. The fourth-order valence-corrected chi connectivity index (χ4v) is 2.61. The maximum Gasteiger partial charge on any atom is 0.228 e. The Labute approximate surface area is 141 Å². The van der Waals surface area contributed by atoms with Gasteiger partial charge in [-0.15, -0.1) is 0 Å². The van der Waals surface area contributed by atoms with Crippen LogP contribution in [0.2, 0.25) is 0 Å². The normalized spacial score (nSPS) is 18.5. The monoisotopic (exact) mass is 324 g/mol. The van der Waals surface area contributed by atoms with E-state index >= 15 is 0 Å². The standard InChI is InChI=1S/C19H20N2O3/c1-2-24-17-11-7-6-10-16(17)21-19(23)15-12-14(15)18(22)20-13-8-4-3-5-9-13/h3-11,14-15H,2,12H2,1H3,(H,20,22)(H,21,23). The summed E-state index contributed by atoms with van der Waals surface area (Å²) in [6.45, 7) is 2.42. The second kappa shape index (κ2) is 7.17. The lowest BCUT2D eigenvalue weighted by Gasteiger charge is -2.11. The predicted octanol–water partition coefficient (Wildman–Crippen LogP) is 3.30. The summed E-state index contributed by atoms with van der Waals surface area (Å²) in [4.78, 5) is 24.5. The molecule has 2 aromatic rings. The Morgan fingerprint density at radius 2 is 1.58 bits per heavy atom. The molecule has 1 saturated carbocycles. The number of amides is 2. The average Bonchev–Trinajstić information content (AvgIpc) is 3.39. The first-order chi connectivity index (χ1) is 11.7. The maximum absolute atomic E-state index is 12.4. The van der Waals surface area contributed by atoms with Crippen molar-refractivity contribution in [3.8, 4) is 5.75 Å². The summed E-state index contributed by atoms with van der Waals surface area (Å²) >= 11 is 0. The highest BCUT2D eigenvalue weighted by Crippen LogP contribution is 2.40. The number of anilines is 2. The van der Waals surface area contributed by atoms with Gasteiger partial charge in [-0.05, 0) is 37.6 Å². The number of carbonyl (C=O) groups is 2. The number of para-hydroxylation sites is 3. The van der Waals surface area contributed by atoms with E-state index in [0.29, 0.717) is 24.5 Å². The second-order valence-corrected chi connectivity index (χ2v) is 5.72. The lowest BCUT2D eigenvalue weighted by atomic mass is 10.2. The number of carbonyl (C=O) groups excluding carboxylic acids is 2. The Kier molecular flexibility index (Phi) is 4.79. The van der Waals surface area contributed by atoms with E-state index in [-0.39, 0.29) is 23.7 Å². The molecule has 1 fully saturated rings. The van der Waals surface area contributed by atoms with Gasteiger partial charge in [0.1, 0.15) is 5.75 Å². The molecule has 5 heteroatoms. The van der Waals surface area contributed by atoms with E-state index in [0.717, 1.165) is 5.69 Å². The molecule has 1 aliphatic carbocycles. The first kappa shape index (κ1) is 16.1. The fourth-order valence-electron chi connectivity index (χ4n) is 2.61. The zero-order chi connectivity index (χ0) is 16.9. The minimum atomic E-state index is -0.289. The quantitative estimate of drug-likeness (QED) is 0.857. The highest BCUT2D eigenvalue weighted by atomic mass is 16.5. The van der Waals surface area contributed by atoms with Crippen molar-refractivity contribution in [2.45, 2.75) is 13.3 Å². The number of hydrogen-bond acceptors (Lipinski definition) is 3. The summed E-state index contributed by atoms with van der Waals surface area (Å²) in [5.74, 6) is -0.179. The minimum absolute atomic E-state index is 0.112. The van der Waals surface area contributed by atoms with Crippen LogP contribution >= 0.6 is 0 Å². The Balaban J connectivity index is 1.57. The Morgan fingerprint density at radius 3 is 2.29 bits per heavy atom. The van der Waals surface area contributed by atoms with Crippen molar-refractivity contribution in [2.24, 2.45) is 11.8 Å². The van der Waals surface area contributed by atoms with Gasteiger partial charge in [-0.3, -0.25) is 9.59 Å². The molecule has 0 aliphatic heterocycles. The molecule has 0 radical (unpaired) electrons. The van der Waals surface area contributed by atoms with Crippen molar-refractivity contribution in [3.05, 3.63) is 54.6 Å². The fraction of sp³-hybridized carbons (Fsp3) is 0.263. The topological polar surface area (TPSA) is 67.4 Å². The minimum Gasteiger partial charge on any atom is -0.492 e. The third-order valence-corrected chi connectivity index (χ3v) is 3.95. The summed E-state index contributed by atoms with van der Waals surface area (Å²) in [7, 11) is 0. The third kappa shape index (κ3) is 3.74. The molecule has 0 aromatic heterocycles. The van der Waals surface area contributed by atoms with Gasteiger partial charge in [0.15, 0.2) is 0 Å². The molecule has 24 heavy (non-hydrogen) atoms. The molecular formula is C19H20N2O3. The highest BCUT2D eigenvalue weighted by molar-refractivity contribution is 6.03. The van der Waals surface area contributed by atoms with Gasteiger partial charge in [0.2, 0.25) is 11.8 Å². The molecule has 0 spiro atoms. The van der Waals surface area contributed by atoms with Crippen molar-refractivity contribution in [2.75, 3.05) is 17.2 Å². The zero-order valence-electron chi connectivity index (χ0n) is 13.5. The Hall–Kier alpha value is -2.82. The van der Waals surface area contributed by atoms with Crippen LogP contribution in [0.15, 0.2) is 54.6 Å². The molecule has 0 heterocycles. The molecule has 5 nitrogen and oxygen atoms in total. The van der Waals surface area contributed by atoms with Crippen LogP contribution < -0.4 is 15.4 Å². The number of rotatable bonds is 6. The Bertz CT molecular complexity index is 730. The van der Waals surface area contributed by atoms with Gasteiger partial charge in [-0.25, -0.2) is 0 Å². The second-order valence-electron chi connectivity index (χ2n) is 5.72. The van der Waals surface area contributed by atoms with E-state index in [1.165, 1.54) is 0 Å². The van der Waals surface area contributed by atoms with Crippen molar-refractivity contribution < 1.29 is 14.3 Å². The lowest BCUT2D eigenvalue weighted by Crippen LogP contribution is -2.20. The van der Waals surface area contributed by atoms with Gasteiger partial charge in [-0.2, -0.15) is 0 Å². The molecule has 124 valence electrons. The van der Waals surface area contributed by atoms with Crippen LogP contribution in [0, 0.1) is 11.8 Å². The number of hydrogen-bond donors (Lipinski definition) is 2. The van der Waals surface area contributed by atoms with Gasteiger partial charge in [0.05, 0.1) is 24.1 Å². The summed E-state index contributed by atoms with van der Waals surface area (Å²) in [6.07, 6.45) is 0.571. The smallest absolute Gasteiger partial charge is 0.228 e. The average molecular weight is 324 g/mol. The Morgan fingerprint density at radius 1 is 0.958 bits per heavy atom. The van der Waals surface area contributed by atoms with E-state index in [1.807, 2.05) is 55.5 Å². The molecule has 2 atom stereocenters. The van der Waals surface area contributed by atoms with Gasteiger partial charge in [0, 0.05) is 5.69 Å². The largest absolute Gasteiger partial charge is 0.492 e. The first-order valence-corrected chi connectivity index (χ1v) is 8.07. The maximum atomic E-state index is 12.4. The van der Waals surface area contributed by atoms with Gasteiger partial charge >= 0.3 is 0 Å². The van der Waals surface area contributed by atoms with Crippen LogP contribution in [0.3, 0.4) is 0 Å². The van der Waals surface area contributed by atoms with E-state index < -0.39 is 0 Å².